The number of ether oxygens (including phenoxy) is 1. The molecule has 0 bridgehead atoms. The number of hydrogen-bond acceptors (Lipinski definition) is 5. The third-order valence-corrected chi connectivity index (χ3v) is 4.46. The molecule has 2 aromatic rings. The third kappa shape index (κ3) is 3.42. The first-order valence-electron chi connectivity index (χ1n) is 8.34. The Morgan fingerprint density at radius 1 is 1.46 bits per heavy atom. The average molecular weight is 329 g/mol. The van der Waals surface area contributed by atoms with Crippen molar-refractivity contribution in [2.24, 2.45) is 0 Å². The van der Waals surface area contributed by atoms with Crippen molar-refractivity contribution in [2.75, 3.05) is 20.2 Å². The Hall–Kier alpha value is -2.37. The number of likely N-dealkylation sites (tertiary alicyclic amines) is 1. The van der Waals surface area contributed by atoms with Crippen LogP contribution in [0.3, 0.4) is 0 Å². The van der Waals surface area contributed by atoms with E-state index in [0.717, 1.165) is 24.3 Å². The molecule has 1 saturated heterocycles. The number of nitrogens with zero attached hydrogens (tertiary/aromatic N) is 3. The van der Waals surface area contributed by atoms with Gasteiger partial charge in [-0.15, -0.1) is 0 Å². The number of carbonyl (C=O) groups is 1. The fraction of sp³-hybridized carbons (Fsp3) is 0.500. The maximum absolute atomic E-state index is 11.8. The van der Waals surface area contributed by atoms with Crippen LogP contribution in [0.15, 0.2) is 22.7 Å². The molecule has 0 aliphatic carbocycles. The number of hydrogen-bond donors (Lipinski definition) is 0. The maximum atomic E-state index is 11.8. The van der Waals surface area contributed by atoms with E-state index in [1.165, 1.54) is 5.56 Å². The standard InChI is InChI=1S/C18H23N3O3/c1-4-17(22)21-8-7-13(11-21)18-19-16(20-24-18)10-14-9-12(2)5-6-15(14)23-3/h5-6,9,13H,4,7-8,10-11H2,1-3H3/t13-/m1/s1. The van der Waals surface area contributed by atoms with Crippen molar-refractivity contribution in [3.8, 4) is 5.75 Å². The number of benzene rings is 1. The molecule has 6 heteroatoms. The van der Waals surface area contributed by atoms with Crippen molar-refractivity contribution >= 4 is 5.91 Å². The van der Waals surface area contributed by atoms with Crippen molar-refractivity contribution in [3.05, 3.63) is 41.0 Å². The van der Waals surface area contributed by atoms with E-state index in [-0.39, 0.29) is 11.8 Å². The minimum absolute atomic E-state index is 0.140. The van der Waals surface area contributed by atoms with E-state index < -0.39 is 0 Å². The van der Waals surface area contributed by atoms with Crippen LogP contribution in [0.25, 0.3) is 0 Å². The van der Waals surface area contributed by atoms with E-state index in [0.29, 0.717) is 31.1 Å². The summed E-state index contributed by atoms with van der Waals surface area (Å²) in [5.74, 6) is 2.42. The van der Waals surface area contributed by atoms with Gasteiger partial charge in [-0.05, 0) is 19.4 Å². The van der Waals surface area contributed by atoms with Gasteiger partial charge in [0.1, 0.15) is 5.75 Å². The first-order chi connectivity index (χ1) is 11.6. The van der Waals surface area contributed by atoms with Crippen LogP contribution in [0.1, 0.15) is 48.5 Å². The fourth-order valence-electron chi connectivity index (χ4n) is 3.13. The van der Waals surface area contributed by atoms with Crippen LogP contribution in [0.2, 0.25) is 0 Å². The summed E-state index contributed by atoms with van der Waals surface area (Å²) in [4.78, 5) is 18.2. The van der Waals surface area contributed by atoms with Crippen molar-refractivity contribution in [1.82, 2.24) is 15.0 Å². The van der Waals surface area contributed by atoms with Crippen molar-refractivity contribution in [3.63, 3.8) is 0 Å². The van der Waals surface area contributed by atoms with Gasteiger partial charge in [0.2, 0.25) is 11.8 Å². The van der Waals surface area contributed by atoms with Gasteiger partial charge in [-0.2, -0.15) is 4.98 Å². The Morgan fingerprint density at radius 3 is 3.04 bits per heavy atom. The molecule has 0 spiro atoms. The predicted molar refractivity (Wildman–Crippen MR) is 89.1 cm³/mol. The topological polar surface area (TPSA) is 68.5 Å². The van der Waals surface area contributed by atoms with Crippen molar-refractivity contribution in [1.29, 1.82) is 0 Å². The van der Waals surface area contributed by atoms with Gasteiger partial charge in [0.25, 0.3) is 0 Å². The van der Waals surface area contributed by atoms with E-state index in [1.54, 1.807) is 7.11 Å². The van der Waals surface area contributed by atoms with Gasteiger partial charge in [0.05, 0.1) is 13.0 Å². The van der Waals surface area contributed by atoms with Crippen molar-refractivity contribution < 1.29 is 14.1 Å². The first-order valence-corrected chi connectivity index (χ1v) is 8.34. The summed E-state index contributed by atoms with van der Waals surface area (Å²) in [5, 5.41) is 4.11. The van der Waals surface area contributed by atoms with E-state index >= 15 is 0 Å². The second kappa shape index (κ2) is 7.03. The molecule has 1 aliphatic rings. The van der Waals surface area contributed by atoms with Crippen LogP contribution in [0, 0.1) is 6.92 Å². The van der Waals surface area contributed by atoms with Gasteiger partial charge in [-0.1, -0.05) is 29.8 Å². The van der Waals surface area contributed by atoms with Gasteiger partial charge in [0, 0.05) is 31.5 Å². The lowest BCUT2D eigenvalue weighted by molar-refractivity contribution is -0.129. The van der Waals surface area contributed by atoms with Crippen LogP contribution in [-0.2, 0) is 11.2 Å². The second-order valence-electron chi connectivity index (χ2n) is 6.22. The van der Waals surface area contributed by atoms with Crippen LogP contribution in [0.5, 0.6) is 5.75 Å². The Labute approximate surface area is 141 Å². The van der Waals surface area contributed by atoms with Gasteiger partial charge in [-0.3, -0.25) is 4.79 Å². The van der Waals surface area contributed by atoms with E-state index in [1.807, 2.05) is 30.9 Å². The molecule has 1 aromatic heterocycles. The molecular weight excluding hydrogens is 306 g/mol. The predicted octanol–water partition coefficient (Wildman–Crippen LogP) is 2.70. The quantitative estimate of drug-likeness (QED) is 0.843. The Bertz CT molecular complexity index is 726. The zero-order valence-corrected chi connectivity index (χ0v) is 14.4. The molecule has 2 heterocycles. The minimum atomic E-state index is 0.140. The summed E-state index contributed by atoms with van der Waals surface area (Å²) >= 11 is 0. The molecule has 0 unspecified atom stereocenters. The van der Waals surface area contributed by atoms with E-state index in [9.17, 15) is 4.79 Å². The van der Waals surface area contributed by atoms with Crippen molar-refractivity contribution in [2.45, 2.75) is 39.0 Å². The van der Waals surface area contributed by atoms with Crippen LogP contribution in [-0.4, -0.2) is 41.1 Å². The maximum Gasteiger partial charge on any atom is 0.231 e. The molecule has 1 fully saturated rings. The molecule has 6 nitrogen and oxygen atoms in total. The molecule has 3 rings (SSSR count). The molecule has 0 radical (unpaired) electrons. The lowest BCUT2D eigenvalue weighted by Crippen LogP contribution is -2.27. The highest BCUT2D eigenvalue weighted by atomic mass is 16.5. The molecular formula is C18H23N3O3. The van der Waals surface area contributed by atoms with Gasteiger partial charge >= 0.3 is 0 Å². The summed E-state index contributed by atoms with van der Waals surface area (Å²) in [5.41, 5.74) is 2.21. The third-order valence-electron chi connectivity index (χ3n) is 4.46. The highest BCUT2D eigenvalue weighted by Crippen LogP contribution is 2.27. The highest BCUT2D eigenvalue weighted by Gasteiger charge is 2.30. The number of carbonyl (C=O) groups excluding carboxylic acids is 1. The fourth-order valence-corrected chi connectivity index (χ4v) is 3.13. The molecule has 1 atom stereocenters. The summed E-state index contributed by atoms with van der Waals surface area (Å²) in [7, 11) is 1.66. The first kappa shape index (κ1) is 16.5. The molecule has 1 amide bonds. The number of rotatable bonds is 5. The van der Waals surface area contributed by atoms with Crippen LogP contribution in [0.4, 0.5) is 0 Å². The number of methoxy groups -OCH3 is 1. The molecule has 0 N–H and O–H groups in total. The second-order valence-corrected chi connectivity index (χ2v) is 6.22. The largest absolute Gasteiger partial charge is 0.496 e. The Balaban J connectivity index is 1.71. The number of aromatic nitrogens is 2. The molecule has 128 valence electrons. The Morgan fingerprint density at radius 2 is 2.29 bits per heavy atom. The van der Waals surface area contributed by atoms with E-state index in [4.69, 9.17) is 9.26 Å². The highest BCUT2D eigenvalue weighted by molar-refractivity contribution is 5.76. The van der Waals surface area contributed by atoms with Gasteiger partial charge < -0.3 is 14.2 Å². The Kier molecular flexibility index (Phi) is 4.83. The molecule has 1 aromatic carbocycles. The summed E-state index contributed by atoms with van der Waals surface area (Å²) in [6.07, 6.45) is 1.98. The van der Waals surface area contributed by atoms with Crippen LogP contribution >= 0.6 is 0 Å². The average Bonchev–Trinajstić information content (AvgIpc) is 3.23. The number of aryl methyl sites for hydroxylation is 1. The lowest BCUT2D eigenvalue weighted by atomic mass is 10.1. The van der Waals surface area contributed by atoms with E-state index in [2.05, 4.69) is 16.2 Å². The number of amides is 1. The van der Waals surface area contributed by atoms with Gasteiger partial charge in [-0.25, -0.2) is 0 Å². The smallest absolute Gasteiger partial charge is 0.231 e. The monoisotopic (exact) mass is 329 g/mol. The lowest BCUT2D eigenvalue weighted by Gasteiger charge is -2.13. The zero-order chi connectivity index (χ0) is 17.1. The SMILES string of the molecule is CCC(=O)N1CC[C@@H](c2nc(Cc3cc(C)ccc3OC)no2)C1. The zero-order valence-electron chi connectivity index (χ0n) is 14.4. The summed E-state index contributed by atoms with van der Waals surface area (Å²) in [6, 6.07) is 6.05. The minimum Gasteiger partial charge on any atom is -0.496 e. The molecule has 24 heavy (non-hydrogen) atoms. The molecule has 1 aliphatic heterocycles. The summed E-state index contributed by atoms with van der Waals surface area (Å²) in [6.45, 7) is 5.36. The van der Waals surface area contributed by atoms with Gasteiger partial charge in [0.15, 0.2) is 5.82 Å². The molecule has 0 saturated carbocycles. The van der Waals surface area contributed by atoms with Crippen LogP contribution < -0.4 is 4.74 Å². The normalized spacial score (nSPS) is 17.3. The summed E-state index contributed by atoms with van der Waals surface area (Å²) < 4.78 is 10.8.